The highest BCUT2D eigenvalue weighted by Crippen LogP contribution is 2.22. The molecule has 0 atom stereocenters. The summed E-state index contributed by atoms with van der Waals surface area (Å²) in [6.45, 7) is 3.95. The average Bonchev–Trinajstić information content (AvgIpc) is 2.48. The van der Waals surface area contributed by atoms with E-state index in [0.29, 0.717) is 5.56 Å². The first-order valence-electron chi connectivity index (χ1n) is 6.24. The van der Waals surface area contributed by atoms with E-state index in [9.17, 15) is 4.79 Å². The monoisotopic (exact) mass is 265 g/mol. The van der Waals surface area contributed by atoms with E-state index in [1.807, 2.05) is 38.1 Å². The topological polar surface area (TPSA) is 57.0 Å². The van der Waals surface area contributed by atoms with Crippen LogP contribution in [-0.4, -0.2) is 17.9 Å². The van der Waals surface area contributed by atoms with Crippen molar-refractivity contribution in [3.05, 3.63) is 58.9 Å². The minimum atomic E-state index is -0.155. The summed E-state index contributed by atoms with van der Waals surface area (Å²) in [4.78, 5) is 17.9. The molecule has 0 saturated carbocycles. The number of benzene rings is 1. The minimum absolute atomic E-state index is 0.155. The summed E-state index contributed by atoms with van der Waals surface area (Å²) in [5.41, 5.74) is 3.69. The van der Waals surface area contributed by atoms with Crippen molar-refractivity contribution in [2.45, 2.75) is 13.8 Å². The van der Waals surface area contributed by atoms with Gasteiger partial charge in [-0.1, -0.05) is 12.1 Å². The zero-order valence-electron chi connectivity index (χ0n) is 11.7. The Labute approximate surface area is 118 Å². The fraction of sp³-hybridized carbons (Fsp3) is 0.188. The first-order valence-corrected chi connectivity index (χ1v) is 6.24. The molecule has 0 N–H and O–H groups in total. The molecule has 0 bridgehead atoms. The largest absolute Gasteiger partial charge is 0.311 e. The Bertz CT molecular complexity index is 701. The van der Waals surface area contributed by atoms with E-state index in [1.54, 1.807) is 18.0 Å². The van der Waals surface area contributed by atoms with E-state index >= 15 is 0 Å². The van der Waals surface area contributed by atoms with Crippen LogP contribution in [0.1, 0.15) is 27.2 Å². The molecule has 2 rings (SSSR count). The van der Waals surface area contributed by atoms with Crippen LogP contribution in [0.2, 0.25) is 0 Å². The van der Waals surface area contributed by atoms with Crippen molar-refractivity contribution in [2.24, 2.45) is 0 Å². The Kier molecular flexibility index (Phi) is 3.81. The van der Waals surface area contributed by atoms with E-state index in [2.05, 4.69) is 4.98 Å². The number of aryl methyl sites for hydroxylation is 2. The molecular formula is C16H15N3O. The third kappa shape index (κ3) is 2.67. The lowest BCUT2D eigenvalue weighted by atomic mass is 10.1. The molecule has 0 radical (unpaired) electrons. The fourth-order valence-electron chi connectivity index (χ4n) is 2.01. The van der Waals surface area contributed by atoms with Gasteiger partial charge in [0.25, 0.3) is 5.91 Å². The van der Waals surface area contributed by atoms with Crippen molar-refractivity contribution in [2.75, 3.05) is 11.9 Å². The van der Waals surface area contributed by atoms with Crippen molar-refractivity contribution >= 4 is 11.6 Å². The van der Waals surface area contributed by atoms with Gasteiger partial charge in [-0.3, -0.25) is 4.79 Å². The van der Waals surface area contributed by atoms with Gasteiger partial charge in [-0.2, -0.15) is 5.26 Å². The van der Waals surface area contributed by atoms with Gasteiger partial charge in [0, 0.05) is 24.5 Å². The van der Waals surface area contributed by atoms with Gasteiger partial charge in [-0.05, 0) is 43.2 Å². The molecule has 4 heteroatoms. The maximum absolute atomic E-state index is 12.5. The van der Waals surface area contributed by atoms with Crippen LogP contribution in [0.5, 0.6) is 0 Å². The molecule has 1 aromatic heterocycles. The summed E-state index contributed by atoms with van der Waals surface area (Å²) < 4.78 is 0. The normalized spacial score (nSPS) is 9.90. The Morgan fingerprint density at radius 1 is 1.25 bits per heavy atom. The first-order chi connectivity index (χ1) is 9.52. The van der Waals surface area contributed by atoms with Crippen molar-refractivity contribution < 1.29 is 4.79 Å². The molecule has 20 heavy (non-hydrogen) atoms. The highest BCUT2D eigenvalue weighted by molar-refractivity contribution is 6.06. The van der Waals surface area contributed by atoms with E-state index in [1.165, 1.54) is 12.3 Å². The SMILES string of the molecule is Cc1ccc(C)c(N(C)C(=O)c2ccnc(C#N)c2)c1. The molecule has 100 valence electrons. The van der Waals surface area contributed by atoms with Crippen LogP contribution in [0, 0.1) is 25.2 Å². The lowest BCUT2D eigenvalue weighted by Crippen LogP contribution is -2.27. The Hall–Kier alpha value is -2.67. The summed E-state index contributed by atoms with van der Waals surface area (Å²) >= 11 is 0. The molecule has 0 unspecified atom stereocenters. The lowest BCUT2D eigenvalue weighted by Gasteiger charge is -2.20. The number of carbonyl (C=O) groups excluding carboxylic acids is 1. The van der Waals surface area contributed by atoms with Crippen LogP contribution < -0.4 is 4.90 Å². The number of hydrogen-bond donors (Lipinski definition) is 0. The number of nitrogens with zero attached hydrogens (tertiary/aromatic N) is 3. The van der Waals surface area contributed by atoms with Crippen LogP contribution >= 0.6 is 0 Å². The molecule has 0 spiro atoms. The van der Waals surface area contributed by atoms with Crippen LogP contribution in [0.4, 0.5) is 5.69 Å². The summed E-state index contributed by atoms with van der Waals surface area (Å²) in [5.74, 6) is -0.155. The van der Waals surface area contributed by atoms with E-state index in [4.69, 9.17) is 5.26 Å². The van der Waals surface area contributed by atoms with Crippen molar-refractivity contribution in [3.8, 4) is 6.07 Å². The number of rotatable bonds is 2. The summed E-state index contributed by atoms with van der Waals surface area (Å²) in [6.07, 6.45) is 1.47. The highest BCUT2D eigenvalue weighted by Gasteiger charge is 2.15. The summed E-state index contributed by atoms with van der Waals surface area (Å²) in [6, 6.07) is 11.0. The molecule has 1 heterocycles. The lowest BCUT2D eigenvalue weighted by molar-refractivity contribution is 0.0992. The smallest absolute Gasteiger partial charge is 0.258 e. The van der Waals surface area contributed by atoms with Crippen LogP contribution in [-0.2, 0) is 0 Å². The molecule has 0 aliphatic rings. The predicted molar refractivity (Wildman–Crippen MR) is 77.6 cm³/mol. The molecular weight excluding hydrogens is 250 g/mol. The van der Waals surface area contributed by atoms with Gasteiger partial charge in [0.2, 0.25) is 0 Å². The summed E-state index contributed by atoms with van der Waals surface area (Å²) in [5, 5.41) is 8.84. The fourth-order valence-corrected chi connectivity index (χ4v) is 2.01. The Balaban J connectivity index is 2.37. The zero-order chi connectivity index (χ0) is 14.7. The predicted octanol–water partition coefficient (Wildman–Crippen LogP) is 2.85. The van der Waals surface area contributed by atoms with Gasteiger partial charge < -0.3 is 4.90 Å². The van der Waals surface area contributed by atoms with Gasteiger partial charge in [-0.15, -0.1) is 0 Å². The minimum Gasteiger partial charge on any atom is -0.311 e. The van der Waals surface area contributed by atoms with Crippen molar-refractivity contribution in [3.63, 3.8) is 0 Å². The number of anilines is 1. The molecule has 0 aliphatic carbocycles. The third-order valence-corrected chi connectivity index (χ3v) is 3.15. The maximum atomic E-state index is 12.5. The van der Waals surface area contributed by atoms with Crippen LogP contribution in [0.25, 0.3) is 0 Å². The van der Waals surface area contributed by atoms with Crippen molar-refractivity contribution in [1.82, 2.24) is 4.98 Å². The number of hydrogen-bond acceptors (Lipinski definition) is 3. The number of pyridine rings is 1. The van der Waals surface area contributed by atoms with E-state index in [-0.39, 0.29) is 11.6 Å². The Morgan fingerprint density at radius 3 is 2.70 bits per heavy atom. The standard InChI is InChI=1S/C16H15N3O/c1-11-4-5-12(2)15(8-11)19(3)16(20)13-6-7-18-14(9-13)10-17/h4-9H,1-3H3. The van der Waals surface area contributed by atoms with Crippen molar-refractivity contribution in [1.29, 1.82) is 5.26 Å². The Morgan fingerprint density at radius 2 is 2.00 bits per heavy atom. The molecule has 0 aliphatic heterocycles. The molecule has 1 aromatic carbocycles. The van der Waals surface area contributed by atoms with Gasteiger partial charge in [0.1, 0.15) is 11.8 Å². The second-order valence-corrected chi connectivity index (χ2v) is 4.70. The average molecular weight is 265 g/mol. The maximum Gasteiger partial charge on any atom is 0.258 e. The van der Waals surface area contributed by atoms with Crippen LogP contribution in [0.15, 0.2) is 36.5 Å². The van der Waals surface area contributed by atoms with E-state index in [0.717, 1.165) is 16.8 Å². The number of amides is 1. The summed E-state index contributed by atoms with van der Waals surface area (Å²) in [7, 11) is 1.73. The second-order valence-electron chi connectivity index (χ2n) is 4.70. The molecule has 0 saturated heterocycles. The number of carbonyl (C=O) groups is 1. The highest BCUT2D eigenvalue weighted by atomic mass is 16.2. The number of aromatic nitrogens is 1. The first kappa shape index (κ1) is 13.8. The van der Waals surface area contributed by atoms with Gasteiger partial charge in [0.15, 0.2) is 0 Å². The quantitative estimate of drug-likeness (QED) is 0.839. The molecule has 1 amide bonds. The zero-order valence-corrected chi connectivity index (χ0v) is 11.7. The second kappa shape index (κ2) is 5.54. The molecule has 2 aromatic rings. The number of nitriles is 1. The van der Waals surface area contributed by atoms with Crippen LogP contribution in [0.3, 0.4) is 0 Å². The van der Waals surface area contributed by atoms with Gasteiger partial charge in [0.05, 0.1) is 0 Å². The van der Waals surface area contributed by atoms with Gasteiger partial charge >= 0.3 is 0 Å². The molecule has 0 fully saturated rings. The molecule has 4 nitrogen and oxygen atoms in total. The van der Waals surface area contributed by atoms with E-state index < -0.39 is 0 Å². The third-order valence-electron chi connectivity index (χ3n) is 3.15. The van der Waals surface area contributed by atoms with Gasteiger partial charge in [-0.25, -0.2) is 4.98 Å².